The second-order valence-electron chi connectivity index (χ2n) is 5.98. The number of Topliss-reactive ketones (excluding diaryl/α,β-unsaturated/α-hetero) is 1. The Morgan fingerprint density at radius 2 is 2.16 bits per heavy atom. The van der Waals surface area contributed by atoms with Gasteiger partial charge in [-0.05, 0) is 24.2 Å². The van der Waals surface area contributed by atoms with E-state index in [2.05, 4.69) is 0 Å². The highest BCUT2D eigenvalue weighted by Crippen LogP contribution is 2.64. The van der Waals surface area contributed by atoms with Crippen molar-refractivity contribution in [3.63, 3.8) is 0 Å². The van der Waals surface area contributed by atoms with E-state index < -0.39 is 25.9 Å². The molecule has 6 heteroatoms. The molecule has 2 fully saturated rings. The highest BCUT2D eigenvalue weighted by atomic mass is 32.2. The van der Waals surface area contributed by atoms with Crippen molar-refractivity contribution in [2.45, 2.75) is 33.1 Å². The molecule has 2 aliphatic carbocycles. The maximum Gasteiger partial charge on any atom is 0.195 e. The first-order valence-corrected chi connectivity index (χ1v) is 7.80. The fraction of sp³-hybridized carbons (Fsp3) is 0.692. The van der Waals surface area contributed by atoms with Crippen molar-refractivity contribution < 1.29 is 13.2 Å². The Labute approximate surface area is 112 Å². The van der Waals surface area contributed by atoms with Gasteiger partial charge in [-0.25, -0.2) is 14.3 Å². The number of sulfone groups is 1. The highest BCUT2D eigenvalue weighted by molar-refractivity contribution is 7.95. The SMILES string of the molecule is CC1(C)C2CCC1(CS(=O)(=O)C(=C=[N-])C#N)C(=O)C2. The van der Waals surface area contributed by atoms with E-state index in [1.807, 2.05) is 13.8 Å². The van der Waals surface area contributed by atoms with Crippen LogP contribution in [0.4, 0.5) is 0 Å². The van der Waals surface area contributed by atoms with E-state index in [-0.39, 0.29) is 17.1 Å². The molecule has 0 spiro atoms. The molecule has 2 saturated carbocycles. The number of rotatable bonds is 3. The molecule has 0 radical (unpaired) electrons. The molecule has 2 unspecified atom stereocenters. The fourth-order valence-corrected chi connectivity index (χ4v) is 5.42. The molecule has 0 saturated heterocycles. The van der Waals surface area contributed by atoms with Gasteiger partial charge in [-0.2, -0.15) is 5.26 Å². The summed E-state index contributed by atoms with van der Waals surface area (Å²) in [5.41, 5.74) is -1.30. The quantitative estimate of drug-likeness (QED) is 0.576. The van der Waals surface area contributed by atoms with Crippen LogP contribution in [0, 0.1) is 28.1 Å². The Morgan fingerprint density at radius 1 is 1.53 bits per heavy atom. The first kappa shape index (κ1) is 14.0. The van der Waals surface area contributed by atoms with E-state index in [0.717, 1.165) is 6.42 Å². The van der Waals surface area contributed by atoms with Gasteiger partial charge in [-0.15, -0.1) is 0 Å². The molecule has 2 aliphatic rings. The lowest BCUT2D eigenvalue weighted by atomic mass is 9.70. The van der Waals surface area contributed by atoms with Crippen molar-refractivity contribution >= 4 is 21.5 Å². The van der Waals surface area contributed by atoms with Crippen molar-refractivity contribution in [3.05, 3.63) is 10.3 Å². The molecular formula is C13H15N2O3S-. The first-order valence-electron chi connectivity index (χ1n) is 6.14. The maximum absolute atomic E-state index is 12.2. The largest absolute Gasteiger partial charge is 0.762 e. The van der Waals surface area contributed by atoms with Crippen LogP contribution in [-0.2, 0) is 14.6 Å². The van der Waals surface area contributed by atoms with Crippen molar-refractivity contribution in [2.24, 2.45) is 16.7 Å². The highest BCUT2D eigenvalue weighted by Gasteiger charge is 2.65. The van der Waals surface area contributed by atoms with Crippen LogP contribution in [0.5, 0.6) is 0 Å². The number of nitriles is 1. The van der Waals surface area contributed by atoms with Gasteiger partial charge in [-0.1, -0.05) is 13.8 Å². The molecule has 0 aliphatic heterocycles. The third-order valence-corrected chi connectivity index (χ3v) is 6.77. The van der Waals surface area contributed by atoms with Crippen LogP contribution >= 0.6 is 0 Å². The lowest BCUT2D eigenvalue weighted by Gasteiger charge is -2.35. The van der Waals surface area contributed by atoms with Gasteiger partial charge in [0, 0.05) is 11.8 Å². The molecule has 2 atom stereocenters. The van der Waals surface area contributed by atoms with Gasteiger partial charge in [0.2, 0.25) is 0 Å². The Morgan fingerprint density at radius 3 is 2.53 bits per heavy atom. The Bertz CT molecular complexity index is 635. The van der Waals surface area contributed by atoms with E-state index in [9.17, 15) is 13.2 Å². The monoisotopic (exact) mass is 279 g/mol. The van der Waals surface area contributed by atoms with Crippen LogP contribution in [0.1, 0.15) is 33.1 Å². The zero-order valence-electron chi connectivity index (χ0n) is 10.9. The molecule has 0 aromatic heterocycles. The van der Waals surface area contributed by atoms with Gasteiger partial charge in [0.05, 0.1) is 5.75 Å². The average molecular weight is 279 g/mol. The predicted octanol–water partition coefficient (Wildman–Crippen LogP) is 1.44. The predicted molar refractivity (Wildman–Crippen MR) is 69.8 cm³/mol. The number of hydrogen-bond acceptors (Lipinski definition) is 4. The summed E-state index contributed by atoms with van der Waals surface area (Å²) < 4.78 is 24.3. The van der Waals surface area contributed by atoms with Crippen molar-refractivity contribution in [1.29, 1.82) is 5.26 Å². The van der Waals surface area contributed by atoms with Crippen LogP contribution in [0.25, 0.3) is 5.41 Å². The van der Waals surface area contributed by atoms with Crippen LogP contribution < -0.4 is 0 Å². The van der Waals surface area contributed by atoms with E-state index in [1.54, 1.807) is 0 Å². The lowest BCUT2D eigenvalue weighted by Crippen LogP contribution is -2.42. The number of carbonyl (C=O) groups excluding carboxylic acids is 1. The average Bonchev–Trinajstić information content (AvgIpc) is 2.63. The molecule has 0 aromatic carbocycles. The summed E-state index contributed by atoms with van der Waals surface area (Å²) in [6.45, 7) is 3.84. The lowest BCUT2D eigenvalue weighted by molar-refractivity contribution is -0.128. The van der Waals surface area contributed by atoms with Gasteiger partial charge in [-0.3, -0.25) is 4.79 Å². The van der Waals surface area contributed by atoms with Gasteiger partial charge >= 0.3 is 0 Å². The van der Waals surface area contributed by atoms with E-state index >= 15 is 0 Å². The number of nitrogens with zero attached hydrogens (tertiary/aromatic N) is 2. The smallest absolute Gasteiger partial charge is 0.195 e. The minimum Gasteiger partial charge on any atom is -0.762 e. The van der Waals surface area contributed by atoms with E-state index in [1.165, 1.54) is 11.9 Å². The van der Waals surface area contributed by atoms with Gasteiger partial charge < -0.3 is 5.41 Å². The Kier molecular flexibility index (Phi) is 2.96. The second-order valence-corrected chi connectivity index (χ2v) is 7.90. The zero-order valence-corrected chi connectivity index (χ0v) is 11.7. The third kappa shape index (κ3) is 1.69. The van der Waals surface area contributed by atoms with Crippen LogP contribution in [-0.4, -0.2) is 25.8 Å². The Hall–Kier alpha value is -1.44. The number of ketones is 1. The minimum atomic E-state index is -3.98. The molecule has 2 rings (SSSR count). The molecular weight excluding hydrogens is 264 g/mol. The zero-order chi connectivity index (χ0) is 14.5. The minimum absolute atomic E-state index is 0.0347. The third-order valence-electron chi connectivity index (χ3n) is 5.09. The van der Waals surface area contributed by atoms with Crippen molar-refractivity contribution in [3.8, 4) is 6.07 Å². The summed E-state index contributed by atoms with van der Waals surface area (Å²) >= 11 is 0. The molecule has 19 heavy (non-hydrogen) atoms. The summed E-state index contributed by atoms with van der Waals surface area (Å²) in [7, 11) is -3.98. The van der Waals surface area contributed by atoms with Gasteiger partial charge in [0.25, 0.3) is 0 Å². The number of fused-ring (bicyclic) bond motifs is 2. The molecule has 0 heterocycles. The molecule has 2 bridgehead atoms. The number of allylic oxidation sites excluding steroid dienone is 1. The summed E-state index contributed by atoms with van der Waals surface area (Å²) in [6, 6.07) is 1.42. The van der Waals surface area contributed by atoms with Crippen LogP contribution in [0.3, 0.4) is 0 Å². The molecule has 5 nitrogen and oxygen atoms in total. The fourth-order valence-electron chi connectivity index (χ4n) is 3.67. The second kappa shape index (κ2) is 4.03. The molecule has 0 amide bonds. The van der Waals surface area contributed by atoms with Gasteiger partial charge in [0.15, 0.2) is 14.7 Å². The summed E-state index contributed by atoms with van der Waals surface area (Å²) in [5, 5.41) is 17.5. The van der Waals surface area contributed by atoms with E-state index in [0.29, 0.717) is 12.8 Å². The van der Waals surface area contributed by atoms with Crippen molar-refractivity contribution in [2.75, 3.05) is 5.75 Å². The summed E-state index contributed by atoms with van der Waals surface area (Å²) in [4.78, 5) is 11.4. The Balaban J connectivity index is 2.47. The molecule has 0 aromatic rings. The van der Waals surface area contributed by atoms with Crippen LogP contribution in [0.2, 0.25) is 0 Å². The maximum atomic E-state index is 12.2. The van der Waals surface area contributed by atoms with Crippen LogP contribution in [0.15, 0.2) is 4.91 Å². The first-order chi connectivity index (χ1) is 8.71. The molecule has 102 valence electrons. The number of carbonyl (C=O) groups is 1. The number of hydrogen-bond donors (Lipinski definition) is 0. The summed E-state index contributed by atoms with van der Waals surface area (Å²) in [5.74, 6) is 1.19. The van der Waals surface area contributed by atoms with E-state index in [4.69, 9.17) is 10.7 Å². The van der Waals surface area contributed by atoms with Gasteiger partial charge in [0.1, 0.15) is 11.9 Å². The normalized spacial score (nSPS) is 31.8. The molecule has 0 N–H and O–H groups in total. The summed E-state index contributed by atoms with van der Waals surface area (Å²) in [6.07, 6.45) is 1.78. The van der Waals surface area contributed by atoms with Crippen molar-refractivity contribution in [1.82, 2.24) is 0 Å². The standard InChI is InChI=1S/C13H15N2O3S/c1-12(2)9-3-4-13(12,11(16)5-9)8-19(17,18)10(6-14)7-15/h9H,3-5,8H2,1-2H3/q-1. The topological polar surface area (TPSA) is 97.3 Å².